The van der Waals surface area contributed by atoms with Gasteiger partial charge in [0.1, 0.15) is 5.69 Å². The number of carbonyl (C=O) groups is 2. The molecule has 0 aliphatic carbocycles. The maximum Gasteiger partial charge on any atom is 0.354 e. The first-order chi connectivity index (χ1) is 16.2. The fraction of sp³-hybridized carbons (Fsp3) is 0.296. The third-order valence-electron chi connectivity index (χ3n) is 4.69. The molecule has 0 fully saturated rings. The molecule has 182 valence electrons. The number of benzene rings is 2. The number of pyridine rings is 1. The maximum atomic E-state index is 10.4. The summed E-state index contributed by atoms with van der Waals surface area (Å²) in [6.07, 6.45) is 5.48. The van der Waals surface area contributed by atoms with E-state index in [9.17, 15) is 9.59 Å². The number of aryl methyl sites for hydroxylation is 2. The van der Waals surface area contributed by atoms with Crippen LogP contribution in [-0.4, -0.2) is 39.2 Å². The molecule has 0 saturated heterocycles. The van der Waals surface area contributed by atoms with Gasteiger partial charge in [-0.25, -0.2) is 14.6 Å². The van der Waals surface area contributed by atoms with E-state index >= 15 is 0 Å². The van der Waals surface area contributed by atoms with Crippen LogP contribution >= 0.6 is 0 Å². The average molecular weight is 466 g/mol. The zero-order chi connectivity index (χ0) is 25.3. The van der Waals surface area contributed by atoms with E-state index < -0.39 is 11.9 Å². The second kappa shape index (κ2) is 16.1. The highest BCUT2D eigenvalue weighted by atomic mass is 16.4. The molecule has 2 unspecified atom stereocenters. The summed E-state index contributed by atoms with van der Waals surface area (Å²) < 4.78 is 0. The number of aromatic nitrogens is 1. The Morgan fingerprint density at radius 3 is 1.56 bits per heavy atom. The van der Waals surface area contributed by atoms with Gasteiger partial charge in [0.05, 0.1) is 5.56 Å². The van der Waals surface area contributed by atoms with Crippen LogP contribution in [0.15, 0.2) is 79.0 Å². The van der Waals surface area contributed by atoms with E-state index in [0.717, 1.165) is 37.9 Å². The number of nitrogens with zero attached hydrogens (tertiary/aromatic N) is 1. The fourth-order valence-electron chi connectivity index (χ4n) is 2.76. The molecule has 0 saturated carbocycles. The molecule has 1 aromatic heterocycles. The van der Waals surface area contributed by atoms with Crippen molar-refractivity contribution in [3.63, 3.8) is 0 Å². The Balaban J connectivity index is 0.000000255. The van der Waals surface area contributed by atoms with Crippen molar-refractivity contribution in [3.05, 3.63) is 101 Å². The third-order valence-corrected chi connectivity index (χ3v) is 4.69. The highest BCUT2D eigenvalue weighted by Gasteiger charge is 2.08. The number of nitrogens with two attached hydrogens (primary N) is 2. The molecule has 7 heteroatoms. The quantitative estimate of drug-likeness (QED) is 0.386. The van der Waals surface area contributed by atoms with Crippen LogP contribution in [0.25, 0.3) is 0 Å². The van der Waals surface area contributed by atoms with Crippen LogP contribution in [0.5, 0.6) is 0 Å². The summed E-state index contributed by atoms with van der Waals surface area (Å²) >= 11 is 0. The second-order valence-electron chi connectivity index (χ2n) is 8.04. The number of hydrogen-bond donors (Lipinski definition) is 4. The molecule has 0 aliphatic rings. The van der Waals surface area contributed by atoms with E-state index in [4.69, 9.17) is 21.7 Å². The Hall–Kier alpha value is -3.55. The SMILES string of the molecule is CC(N)CCc1ccccc1.CC(N)CCc1ccccc1.O=C(O)c1ccnc(C(=O)O)c1. The van der Waals surface area contributed by atoms with Crippen LogP contribution in [0.1, 0.15) is 58.7 Å². The third kappa shape index (κ3) is 13.1. The highest BCUT2D eigenvalue weighted by Crippen LogP contribution is 2.04. The van der Waals surface area contributed by atoms with Gasteiger partial charge in [-0.2, -0.15) is 0 Å². The summed E-state index contributed by atoms with van der Waals surface area (Å²) in [6.45, 7) is 4.09. The zero-order valence-electron chi connectivity index (χ0n) is 19.8. The fourth-order valence-corrected chi connectivity index (χ4v) is 2.76. The molecular weight excluding hydrogens is 430 g/mol. The van der Waals surface area contributed by atoms with Gasteiger partial charge < -0.3 is 21.7 Å². The molecule has 3 rings (SSSR count). The summed E-state index contributed by atoms with van der Waals surface area (Å²) in [5.41, 5.74) is 13.7. The minimum absolute atomic E-state index is 0.0811. The number of carboxylic acid groups (broad SMARTS) is 2. The van der Waals surface area contributed by atoms with Crippen LogP contribution in [-0.2, 0) is 12.8 Å². The number of aromatic carboxylic acids is 2. The average Bonchev–Trinajstić information content (AvgIpc) is 2.83. The highest BCUT2D eigenvalue weighted by molar-refractivity contribution is 5.92. The molecule has 3 aromatic rings. The Morgan fingerprint density at radius 1 is 0.765 bits per heavy atom. The van der Waals surface area contributed by atoms with Crippen LogP contribution < -0.4 is 11.5 Å². The van der Waals surface area contributed by atoms with Crippen LogP contribution in [0.2, 0.25) is 0 Å². The van der Waals surface area contributed by atoms with Crippen molar-refractivity contribution < 1.29 is 19.8 Å². The predicted octanol–water partition coefficient (Wildman–Crippen LogP) is 4.41. The van der Waals surface area contributed by atoms with E-state index in [1.807, 2.05) is 26.0 Å². The predicted molar refractivity (Wildman–Crippen MR) is 135 cm³/mol. The molecule has 2 aromatic carbocycles. The first kappa shape index (κ1) is 28.5. The lowest BCUT2D eigenvalue weighted by Gasteiger charge is -2.03. The summed E-state index contributed by atoms with van der Waals surface area (Å²) in [7, 11) is 0. The van der Waals surface area contributed by atoms with Gasteiger partial charge in [-0.1, -0.05) is 60.7 Å². The monoisotopic (exact) mass is 465 g/mol. The summed E-state index contributed by atoms with van der Waals surface area (Å²) in [4.78, 5) is 24.1. The molecule has 0 bridgehead atoms. The maximum absolute atomic E-state index is 10.4. The topological polar surface area (TPSA) is 140 Å². The van der Waals surface area contributed by atoms with Crippen molar-refractivity contribution in [1.29, 1.82) is 0 Å². The van der Waals surface area contributed by atoms with E-state index in [0.29, 0.717) is 12.1 Å². The van der Waals surface area contributed by atoms with Gasteiger partial charge in [0.2, 0.25) is 0 Å². The minimum atomic E-state index is -1.24. The summed E-state index contributed by atoms with van der Waals surface area (Å²) in [6, 6.07) is 23.8. The Bertz CT molecular complexity index is 901. The van der Waals surface area contributed by atoms with Crippen molar-refractivity contribution >= 4 is 11.9 Å². The van der Waals surface area contributed by atoms with Crippen molar-refractivity contribution in [2.45, 2.75) is 51.6 Å². The molecule has 0 spiro atoms. The Morgan fingerprint density at radius 2 is 1.21 bits per heavy atom. The molecule has 6 N–H and O–H groups in total. The van der Waals surface area contributed by atoms with Crippen molar-refractivity contribution in [2.75, 3.05) is 0 Å². The lowest BCUT2D eigenvalue weighted by atomic mass is 10.1. The molecule has 0 amide bonds. The van der Waals surface area contributed by atoms with E-state index in [2.05, 4.69) is 53.5 Å². The molecule has 1 heterocycles. The van der Waals surface area contributed by atoms with Crippen LogP contribution in [0, 0.1) is 0 Å². The van der Waals surface area contributed by atoms with Crippen molar-refractivity contribution in [1.82, 2.24) is 4.98 Å². The summed E-state index contributed by atoms with van der Waals surface area (Å²) in [5, 5.41) is 16.9. The van der Waals surface area contributed by atoms with Crippen molar-refractivity contribution in [3.8, 4) is 0 Å². The van der Waals surface area contributed by atoms with Crippen LogP contribution in [0.3, 0.4) is 0 Å². The normalized spacial score (nSPS) is 11.6. The molecule has 0 radical (unpaired) electrons. The first-order valence-electron chi connectivity index (χ1n) is 11.2. The van der Waals surface area contributed by atoms with Gasteiger partial charge in [-0.15, -0.1) is 0 Å². The van der Waals surface area contributed by atoms with Crippen molar-refractivity contribution in [2.24, 2.45) is 11.5 Å². The molecule has 0 aliphatic heterocycles. The van der Waals surface area contributed by atoms with E-state index in [1.165, 1.54) is 17.2 Å². The van der Waals surface area contributed by atoms with Gasteiger partial charge >= 0.3 is 11.9 Å². The van der Waals surface area contributed by atoms with Crippen LogP contribution in [0.4, 0.5) is 0 Å². The van der Waals surface area contributed by atoms with Gasteiger partial charge in [0.15, 0.2) is 0 Å². The molecule has 2 atom stereocenters. The smallest absolute Gasteiger partial charge is 0.354 e. The first-order valence-corrected chi connectivity index (χ1v) is 11.2. The van der Waals surface area contributed by atoms with Gasteiger partial charge in [-0.3, -0.25) is 0 Å². The van der Waals surface area contributed by atoms with Gasteiger partial charge in [-0.05, 0) is 62.8 Å². The second-order valence-corrected chi connectivity index (χ2v) is 8.04. The molecule has 7 nitrogen and oxygen atoms in total. The number of carboxylic acids is 2. The number of rotatable bonds is 8. The largest absolute Gasteiger partial charge is 0.478 e. The van der Waals surface area contributed by atoms with Gasteiger partial charge in [0.25, 0.3) is 0 Å². The molecular formula is C27H35N3O4. The Kier molecular flexibility index (Phi) is 13.5. The van der Waals surface area contributed by atoms with E-state index in [1.54, 1.807) is 0 Å². The molecule has 34 heavy (non-hydrogen) atoms. The van der Waals surface area contributed by atoms with Gasteiger partial charge in [0, 0.05) is 18.3 Å². The van der Waals surface area contributed by atoms with E-state index in [-0.39, 0.29) is 11.3 Å². The number of hydrogen-bond acceptors (Lipinski definition) is 5. The minimum Gasteiger partial charge on any atom is -0.478 e. The standard InChI is InChI=1S/2C10H15N.C7H5NO4/c2*1-9(11)7-8-10-5-3-2-4-6-10;9-6(10)4-1-2-8-5(3-4)7(11)12/h2*2-6,9H,7-8,11H2,1H3;1-3H,(H,9,10)(H,11,12). The lowest BCUT2D eigenvalue weighted by molar-refractivity contribution is 0.0690. The summed E-state index contributed by atoms with van der Waals surface area (Å²) in [5.74, 6) is -2.40. The zero-order valence-corrected chi connectivity index (χ0v) is 19.8. The lowest BCUT2D eigenvalue weighted by Crippen LogP contribution is -2.15. The Labute approximate surface area is 201 Å².